The van der Waals surface area contributed by atoms with Gasteiger partial charge in [-0.15, -0.1) is 0 Å². The molecule has 2 fully saturated rings. The van der Waals surface area contributed by atoms with E-state index in [1.165, 1.54) is 12.1 Å². The molecule has 4 rings (SSSR count). The minimum absolute atomic E-state index is 0.261. The van der Waals surface area contributed by atoms with Crippen LogP contribution in [-0.2, 0) is 4.79 Å². The summed E-state index contributed by atoms with van der Waals surface area (Å²) in [5, 5.41) is 6.47. The molecule has 7 heteroatoms. The number of nitrogens with zero attached hydrogens (tertiary/aromatic N) is 3. The molecule has 1 aromatic carbocycles. The number of rotatable bonds is 8. The molecule has 1 saturated carbocycles. The molecule has 142 valence electrons. The van der Waals surface area contributed by atoms with Crippen molar-refractivity contribution in [2.75, 3.05) is 30.3 Å². The fraction of sp³-hybridized carbons (Fsp3) is 0.450. The van der Waals surface area contributed by atoms with E-state index in [1.54, 1.807) is 12.1 Å². The first kappa shape index (κ1) is 17.7. The van der Waals surface area contributed by atoms with Gasteiger partial charge in [0.2, 0.25) is 11.9 Å². The summed E-state index contributed by atoms with van der Waals surface area (Å²) < 4.78 is 13.4. The summed E-state index contributed by atoms with van der Waals surface area (Å²) >= 11 is 0. The SMILES string of the molecule is O=C1CCCN1CCCNc1nc(Nc2cccc(F)c2)ncc1C1CC1. The normalized spacial score (nSPS) is 16.6. The molecule has 0 atom stereocenters. The number of carbonyl (C=O) groups is 1. The summed E-state index contributed by atoms with van der Waals surface area (Å²) in [6.45, 7) is 2.41. The van der Waals surface area contributed by atoms with E-state index < -0.39 is 0 Å². The van der Waals surface area contributed by atoms with Gasteiger partial charge in [0.25, 0.3) is 0 Å². The van der Waals surface area contributed by atoms with Crippen molar-refractivity contribution in [1.82, 2.24) is 14.9 Å². The molecule has 1 aliphatic heterocycles. The number of nitrogens with one attached hydrogen (secondary N) is 2. The van der Waals surface area contributed by atoms with Gasteiger partial charge in [-0.05, 0) is 49.8 Å². The highest BCUT2D eigenvalue weighted by Gasteiger charge is 2.27. The van der Waals surface area contributed by atoms with Crippen molar-refractivity contribution in [3.8, 4) is 0 Å². The number of carbonyl (C=O) groups excluding carboxylic acids is 1. The molecule has 0 radical (unpaired) electrons. The van der Waals surface area contributed by atoms with Gasteiger partial charge in [-0.3, -0.25) is 4.79 Å². The molecule has 2 heterocycles. The van der Waals surface area contributed by atoms with E-state index in [4.69, 9.17) is 0 Å². The smallest absolute Gasteiger partial charge is 0.229 e. The second-order valence-corrected chi connectivity index (χ2v) is 7.17. The van der Waals surface area contributed by atoms with Gasteiger partial charge in [-0.1, -0.05) is 6.07 Å². The lowest BCUT2D eigenvalue weighted by Crippen LogP contribution is -2.27. The number of likely N-dealkylation sites (tertiary alicyclic amines) is 1. The number of anilines is 3. The maximum atomic E-state index is 13.4. The van der Waals surface area contributed by atoms with E-state index in [0.717, 1.165) is 56.7 Å². The first-order chi connectivity index (χ1) is 13.2. The Labute approximate surface area is 158 Å². The molecule has 1 aliphatic carbocycles. The standard InChI is InChI=1S/C20H24FN5O/c21-15-4-1-5-16(12-15)24-20-23-13-17(14-7-8-14)19(25-20)22-9-3-11-26-10-2-6-18(26)27/h1,4-5,12-14H,2-3,6-11H2,(H2,22,23,24,25). The summed E-state index contributed by atoms with van der Waals surface area (Å²) in [4.78, 5) is 22.6. The number of hydrogen-bond acceptors (Lipinski definition) is 5. The largest absolute Gasteiger partial charge is 0.370 e. The molecule has 6 nitrogen and oxygen atoms in total. The van der Waals surface area contributed by atoms with E-state index in [9.17, 15) is 9.18 Å². The maximum absolute atomic E-state index is 13.4. The molecular weight excluding hydrogens is 345 g/mol. The van der Waals surface area contributed by atoms with Crippen LogP contribution in [0.5, 0.6) is 0 Å². The molecule has 2 aliphatic rings. The first-order valence-electron chi connectivity index (χ1n) is 9.60. The fourth-order valence-corrected chi connectivity index (χ4v) is 3.40. The maximum Gasteiger partial charge on any atom is 0.229 e. The van der Waals surface area contributed by atoms with Crippen LogP contribution in [0.3, 0.4) is 0 Å². The highest BCUT2D eigenvalue weighted by atomic mass is 19.1. The van der Waals surface area contributed by atoms with Crippen LogP contribution in [0, 0.1) is 5.82 Å². The minimum atomic E-state index is -0.301. The molecule has 0 unspecified atom stereocenters. The lowest BCUT2D eigenvalue weighted by molar-refractivity contribution is -0.127. The third-order valence-corrected chi connectivity index (χ3v) is 4.98. The number of benzene rings is 1. The molecule has 1 aromatic heterocycles. The van der Waals surface area contributed by atoms with Crippen LogP contribution >= 0.6 is 0 Å². The van der Waals surface area contributed by atoms with Gasteiger partial charge in [0.05, 0.1) is 0 Å². The Morgan fingerprint density at radius 3 is 2.93 bits per heavy atom. The molecule has 1 amide bonds. The van der Waals surface area contributed by atoms with Gasteiger partial charge in [-0.25, -0.2) is 9.37 Å². The van der Waals surface area contributed by atoms with Crippen molar-refractivity contribution in [2.45, 2.75) is 38.0 Å². The van der Waals surface area contributed by atoms with Gasteiger partial charge in [0.15, 0.2) is 0 Å². The summed E-state index contributed by atoms with van der Waals surface area (Å²) in [6, 6.07) is 6.25. The Hall–Kier alpha value is -2.70. The lowest BCUT2D eigenvalue weighted by Gasteiger charge is -2.16. The van der Waals surface area contributed by atoms with Crippen molar-refractivity contribution >= 4 is 23.4 Å². The van der Waals surface area contributed by atoms with Crippen molar-refractivity contribution in [2.24, 2.45) is 0 Å². The third kappa shape index (κ3) is 4.53. The van der Waals surface area contributed by atoms with Crippen LogP contribution in [0.15, 0.2) is 30.5 Å². The zero-order valence-electron chi connectivity index (χ0n) is 15.2. The Kier molecular flexibility index (Phi) is 5.18. The molecule has 0 spiro atoms. The first-order valence-corrected chi connectivity index (χ1v) is 9.60. The van der Waals surface area contributed by atoms with Crippen LogP contribution in [0.1, 0.15) is 43.6 Å². The second kappa shape index (κ2) is 7.90. The number of aromatic nitrogens is 2. The number of hydrogen-bond donors (Lipinski definition) is 2. The van der Waals surface area contributed by atoms with E-state index in [0.29, 0.717) is 24.0 Å². The van der Waals surface area contributed by atoms with Crippen LogP contribution < -0.4 is 10.6 Å². The minimum Gasteiger partial charge on any atom is -0.370 e. The van der Waals surface area contributed by atoms with E-state index in [-0.39, 0.29) is 11.7 Å². The summed E-state index contributed by atoms with van der Waals surface area (Å²) in [5.41, 5.74) is 1.75. The Balaban J connectivity index is 1.39. The molecule has 2 N–H and O–H groups in total. The second-order valence-electron chi connectivity index (χ2n) is 7.17. The molecular formula is C20H24FN5O. The monoisotopic (exact) mass is 369 g/mol. The predicted molar refractivity (Wildman–Crippen MR) is 103 cm³/mol. The van der Waals surface area contributed by atoms with Gasteiger partial charge < -0.3 is 15.5 Å². The van der Waals surface area contributed by atoms with E-state index in [1.807, 2.05) is 11.1 Å². The van der Waals surface area contributed by atoms with Crippen molar-refractivity contribution in [3.63, 3.8) is 0 Å². The quantitative estimate of drug-likeness (QED) is 0.695. The van der Waals surface area contributed by atoms with E-state index >= 15 is 0 Å². The Morgan fingerprint density at radius 1 is 1.30 bits per heavy atom. The van der Waals surface area contributed by atoms with Crippen molar-refractivity contribution in [1.29, 1.82) is 0 Å². The highest BCUT2D eigenvalue weighted by Crippen LogP contribution is 2.42. The number of amides is 1. The third-order valence-electron chi connectivity index (χ3n) is 4.98. The molecule has 27 heavy (non-hydrogen) atoms. The van der Waals surface area contributed by atoms with Gasteiger partial charge in [0, 0.05) is 43.5 Å². The Morgan fingerprint density at radius 2 is 2.19 bits per heavy atom. The summed E-state index contributed by atoms with van der Waals surface area (Å²) in [7, 11) is 0. The number of halogens is 1. The predicted octanol–water partition coefficient (Wildman–Crippen LogP) is 3.66. The van der Waals surface area contributed by atoms with Gasteiger partial charge >= 0.3 is 0 Å². The zero-order valence-corrected chi connectivity index (χ0v) is 15.2. The van der Waals surface area contributed by atoms with Crippen LogP contribution in [-0.4, -0.2) is 40.4 Å². The molecule has 2 aromatic rings. The molecule has 0 bridgehead atoms. The summed E-state index contributed by atoms with van der Waals surface area (Å²) in [6.07, 6.45) is 6.72. The lowest BCUT2D eigenvalue weighted by atomic mass is 10.2. The van der Waals surface area contributed by atoms with Crippen molar-refractivity contribution < 1.29 is 9.18 Å². The Bertz CT molecular complexity index is 824. The average Bonchev–Trinajstić information content (AvgIpc) is 3.41. The van der Waals surface area contributed by atoms with Crippen LogP contribution in [0.25, 0.3) is 0 Å². The van der Waals surface area contributed by atoms with Crippen LogP contribution in [0.4, 0.5) is 21.8 Å². The van der Waals surface area contributed by atoms with Crippen LogP contribution in [0.2, 0.25) is 0 Å². The average molecular weight is 369 g/mol. The summed E-state index contributed by atoms with van der Waals surface area (Å²) in [5.74, 6) is 1.76. The van der Waals surface area contributed by atoms with Gasteiger partial charge in [-0.2, -0.15) is 4.98 Å². The molecule has 1 saturated heterocycles. The fourth-order valence-electron chi connectivity index (χ4n) is 3.40. The highest BCUT2D eigenvalue weighted by molar-refractivity contribution is 5.78. The topological polar surface area (TPSA) is 70.2 Å². The van der Waals surface area contributed by atoms with E-state index in [2.05, 4.69) is 20.6 Å². The van der Waals surface area contributed by atoms with Crippen molar-refractivity contribution in [3.05, 3.63) is 41.8 Å². The van der Waals surface area contributed by atoms with Gasteiger partial charge in [0.1, 0.15) is 11.6 Å². The zero-order chi connectivity index (χ0) is 18.6.